The number of carbonyl (C=O) groups is 5. The topological polar surface area (TPSA) is 211 Å². The molecule has 4 amide bonds. The van der Waals surface area contributed by atoms with Crippen LogP contribution in [0.1, 0.15) is 38.5 Å². The Bertz CT molecular complexity index is 628. The summed E-state index contributed by atoms with van der Waals surface area (Å²) in [6, 6.07) is -3.02. The molecule has 3 unspecified atom stereocenters. The molecule has 3 atom stereocenters. The van der Waals surface area contributed by atoms with Gasteiger partial charge in [0.25, 0.3) is 0 Å². The normalized spacial score (nSPS) is 18.0. The predicted octanol–water partition coefficient (Wildman–Crippen LogP) is -3.01. The molecule has 0 bridgehead atoms. The van der Waals surface area contributed by atoms with Crippen molar-refractivity contribution in [2.45, 2.75) is 56.7 Å². The van der Waals surface area contributed by atoms with Gasteiger partial charge < -0.3 is 37.8 Å². The second-order valence-electron chi connectivity index (χ2n) is 6.92. The van der Waals surface area contributed by atoms with Crippen molar-refractivity contribution in [1.29, 1.82) is 0 Å². The number of carboxylic acid groups (broad SMARTS) is 1. The first-order valence-corrected chi connectivity index (χ1v) is 9.51. The Hall–Kier alpha value is -2.73. The van der Waals surface area contributed by atoms with Crippen LogP contribution in [0.15, 0.2) is 0 Å². The maximum Gasteiger partial charge on any atom is 0.322 e. The number of amides is 4. The third kappa shape index (κ3) is 8.03. The van der Waals surface area contributed by atoms with E-state index in [0.29, 0.717) is 38.6 Å². The fraction of sp³-hybridized carbons (Fsp3) is 0.706. The van der Waals surface area contributed by atoms with Crippen molar-refractivity contribution in [2.24, 2.45) is 17.2 Å². The lowest BCUT2D eigenvalue weighted by atomic mass is 10.1. The minimum atomic E-state index is -1.26. The first-order chi connectivity index (χ1) is 13.7. The maximum atomic E-state index is 12.9. The number of carbonyl (C=O) groups excluding carboxylic acids is 4. The molecule has 12 nitrogen and oxygen atoms in total. The van der Waals surface area contributed by atoms with E-state index in [2.05, 4.69) is 10.6 Å². The number of unbranched alkanes of at least 4 members (excludes halogenated alkanes) is 1. The Morgan fingerprint density at radius 3 is 2.45 bits per heavy atom. The number of rotatable bonds is 12. The van der Waals surface area contributed by atoms with Crippen LogP contribution in [0.5, 0.6) is 0 Å². The average Bonchev–Trinajstić information content (AvgIpc) is 3.14. The molecular weight excluding hydrogens is 384 g/mol. The number of nitrogens with one attached hydrogen (secondary N) is 2. The molecule has 1 fully saturated rings. The molecule has 0 aromatic rings. The lowest BCUT2D eigenvalue weighted by molar-refractivity contribution is -0.143. The molecule has 0 aromatic carbocycles. The molecule has 0 aliphatic carbocycles. The molecule has 164 valence electrons. The van der Waals surface area contributed by atoms with Gasteiger partial charge in [-0.2, -0.15) is 0 Å². The third-order valence-electron chi connectivity index (χ3n) is 4.58. The van der Waals surface area contributed by atoms with Gasteiger partial charge in [-0.15, -0.1) is 0 Å². The van der Waals surface area contributed by atoms with Gasteiger partial charge in [-0.3, -0.25) is 24.0 Å². The predicted molar refractivity (Wildman–Crippen MR) is 102 cm³/mol. The number of carboxylic acids is 1. The van der Waals surface area contributed by atoms with E-state index in [9.17, 15) is 24.0 Å². The molecule has 1 aliphatic heterocycles. The SMILES string of the molecule is NCCCCC(N)C(=O)NC(CC(N)=O)C(=O)N1CCCC1C(=O)NCC(=O)O. The van der Waals surface area contributed by atoms with Crippen LogP contribution < -0.4 is 27.8 Å². The molecule has 12 heteroatoms. The van der Waals surface area contributed by atoms with E-state index >= 15 is 0 Å². The highest BCUT2D eigenvalue weighted by Crippen LogP contribution is 2.19. The van der Waals surface area contributed by atoms with Crippen LogP contribution in [-0.4, -0.2) is 77.4 Å². The van der Waals surface area contributed by atoms with E-state index in [1.807, 2.05) is 0 Å². The molecule has 1 rings (SSSR count). The second-order valence-corrected chi connectivity index (χ2v) is 6.92. The number of hydrogen-bond donors (Lipinski definition) is 6. The highest BCUT2D eigenvalue weighted by atomic mass is 16.4. The van der Waals surface area contributed by atoms with Crippen LogP contribution in [0, 0.1) is 0 Å². The summed E-state index contributed by atoms with van der Waals surface area (Å²) in [6.45, 7) is 0.131. The molecule has 1 aliphatic rings. The van der Waals surface area contributed by atoms with Crippen LogP contribution in [-0.2, 0) is 24.0 Å². The lowest BCUT2D eigenvalue weighted by Gasteiger charge is -2.28. The maximum absolute atomic E-state index is 12.9. The summed E-state index contributed by atoms with van der Waals surface area (Å²) >= 11 is 0. The molecule has 1 heterocycles. The highest BCUT2D eigenvalue weighted by molar-refractivity contribution is 5.96. The number of aliphatic carboxylic acids is 1. The van der Waals surface area contributed by atoms with Gasteiger partial charge in [-0.25, -0.2) is 0 Å². The van der Waals surface area contributed by atoms with E-state index in [4.69, 9.17) is 22.3 Å². The van der Waals surface area contributed by atoms with E-state index < -0.39 is 60.7 Å². The average molecular weight is 414 g/mol. The van der Waals surface area contributed by atoms with Gasteiger partial charge in [0.05, 0.1) is 12.5 Å². The van der Waals surface area contributed by atoms with E-state index in [1.54, 1.807) is 0 Å². The summed E-state index contributed by atoms with van der Waals surface area (Å²) in [5.41, 5.74) is 16.4. The molecular formula is C17H30N6O6. The Morgan fingerprint density at radius 2 is 1.86 bits per heavy atom. The Morgan fingerprint density at radius 1 is 1.17 bits per heavy atom. The third-order valence-corrected chi connectivity index (χ3v) is 4.58. The number of likely N-dealkylation sites (tertiary alicyclic amines) is 1. The molecule has 29 heavy (non-hydrogen) atoms. The highest BCUT2D eigenvalue weighted by Gasteiger charge is 2.38. The second kappa shape index (κ2) is 12.0. The van der Waals surface area contributed by atoms with Gasteiger partial charge in [-0.05, 0) is 32.2 Å². The van der Waals surface area contributed by atoms with Gasteiger partial charge in [-0.1, -0.05) is 6.42 Å². The van der Waals surface area contributed by atoms with Crippen molar-refractivity contribution < 1.29 is 29.1 Å². The summed E-state index contributed by atoms with van der Waals surface area (Å²) in [7, 11) is 0. The Kier molecular flexibility index (Phi) is 10.0. The smallest absolute Gasteiger partial charge is 0.322 e. The number of hydrogen-bond acceptors (Lipinski definition) is 7. The van der Waals surface area contributed by atoms with Gasteiger partial charge in [0, 0.05) is 6.54 Å². The number of nitrogens with zero attached hydrogens (tertiary/aromatic N) is 1. The Labute approximate surface area is 168 Å². The van der Waals surface area contributed by atoms with Crippen molar-refractivity contribution in [3.05, 3.63) is 0 Å². The molecule has 0 aromatic heterocycles. The zero-order valence-electron chi connectivity index (χ0n) is 16.3. The molecule has 9 N–H and O–H groups in total. The molecule has 0 radical (unpaired) electrons. The lowest BCUT2D eigenvalue weighted by Crippen LogP contribution is -2.56. The van der Waals surface area contributed by atoms with Crippen LogP contribution in [0.4, 0.5) is 0 Å². The minimum Gasteiger partial charge on any atom is -0.480 e. The summed E-state index contributed by atoms with van der Waals surface area (Å²) < 4.78 is 0. The van der Waals surface area contributed by atoms with Crippen molar-refractivity contribution in [1.82, 2.24) is 15.5 Å². The van der Waals surface area contributed by atoms with E-state index in [-0.39, 0.29) is 6.54 Å². The minimum absolute atomic E-state index is 0.234. The zero-order chi connectivity index (χ0) is 22.0. The summed E-state index contributed by atoms with van der Waals surface area (Å²) in [5, 5.41) is 13.4. The van der Waals surface area contributed by atoms with Gasteiger partial charge >= 0.3 is 5.97 Å². The van der Waals surface area contributed by atoms with Gasteiger partial charge in [0.1, 0.15) is 18.6 Å². The van der Waals surface area contributed by atoms with Crippen LogP contribution >= 0.6 is 0 Å². The molecule has 0 saturated carbocycles. The Balaban J connectivity index is 2.81. The van der Waals surface area contributed by atoms with Crippen molar-refractivity contribution in [3.63, 3.8) is 0 Å². The van der Waals surface area contributed by atoms with Gasteiger partial charge in [0.15, 0.2) is 0 Å². The monoisotopic (exact) mass is 414 g/mol. The van der Waals surface area contributed by atoms with Crippen LogP contribution in [0.3, 0.4) is 0 Å². The van der Waals surface area contributed by atoms with Crippen LogP contribution in [0.2, 0.25) is 0 Å². The fourth-order valence-electron chi connectivity index (χ4n) is 3.10. The number of primary amides is 1. The van der Waals surface area contributed by atoms with Crippen molar-refractivity contribution >= 4 is 29.6 Å². The van der Waals surface area contributed by atoms with Crippen LogP contribution in [0.25, 0.3) is 0 Å². The first kappa shape index (κ1) is 24.3. The molecule has 0 spiro atoms. The fourth-order valence-corrected chi connectivity index (χ4v) is 3.10. The van der Waals surface area contributed by atoms with Crippen molar-refractivity contribution in [3.8, 4) is 0 Å². The van der Waals surface area contributed by atoms with Gasteiger partial charge in [0.2, 0.25) is 23.6 Å². The molecule has 1 saturated heterocycles. The summed E-state index contributed by atoms with van der Waals surface area (Å²) in [5.74, 6) is -3.86. The van der Waals surface area contributed by atoms with E-state index in [1.165, 1.54) is 4.90 Å². The quantitative estimate of drug-likeness (QED) is 0.181. The summed E-state index contributed by atoms with van der Waals surface area (Å²) in [6.07, 6.45) is 2.12. The summed E-state index contributed by atoms with van der Waals surface area (Å²) in [4.78, 5) is 60.7. The zero-order valence-corrected chi connectivity index (χ0v) is 16.3. The first-order valence-electron chi connectivity index (χ1n) is 9.51. The largest absolute Gasteiger partial charge is 0.480 e. The number of nitrogens with two attached hydrogens (primary N) is 3. The standard InChI is InChI=1S/C17H30N6O6/c18-6-2-1-4-10(19)15(27)22-11(8-13(20)24)17(29)23-7-3-5-12(23)16(28)21-9-14(25)26/h10-12H,1-9,18-19H2,(H2,20,24)(H,21,28)(H,22,27)(H,25,26). The van der Waals surface area contributed by atoms with Crippen molar-refractivity contribution in [2.75, 3.05) is 19.6 Å². The van der Waals surface area contributed by atoms with E-state index in [0.717, 1.165) is 0 Å².